The summed E-state index contributed by atoms with van der Waals surface area (Å²) in [5.74, 6) is 0.204. The van der Waals surface area contributed by atoms with Gasteiger partial charge in [-0.25, -0.2) is 0 Å². The third-order valence-electron chi connectivity index (χ3n) is 3.47. The molecule has 7 heteroatoms. The Hall–Kier alpha value is -1.60. The first-order chi connectivity index (χ1) is 10.7. The van der Waals surface area contributed by atoms with Crippen LogP contribution in [-0.2, 0) is 4.79 Å². The van der Waals surface area contributed by atoms with E-state index < -0.39 is 0 Å². The molecule has 1 saturated heterocycles. The second kappa shape index (κ2) is 7.11. The molecule has 1 aromatic heterocycles. The number of aromatic nitrogens is 2. The van der Waals surface area contributed by atoms with Crippen LogP contribution in [0.25, 0.3) is 0 Å². The standard InChI is InChI=1S/C15H18N4OS2/c1-11(13(20)19-9-5-6-10-19)21-15-18-17-14(22-15)16-12-7-3-2-4-8-12/h2-4,7-8,11H,5-6,9-10H2,1H3,(H,16,17)/t11-/m0/s1. The smallest absolute Gasteiger partial charge is 0.235 e. The molecule has 5 nitrogen and oxygen atoms in total. The number of thioether (sulfide) groups is 1. The maximum absolute atomic E-state index is 12.3. The molecule has 2 heterocycles. The molecule has 22 heavy (non-hydrogen) atoms. The average molecular weight is 334 g/mol. The van der Waals surface area contributed by atoms with Gasteiger partial charge in [0.2, 0.25) is 11.0 Å². The summed E-state index contributed by atoms with van der Waals surface area (Å²) in [6.45, 7) is 3.72. The molecule has 1 aromatic carbocycles. The molecule has 1 N–H and O–H groups in total. The molecular weight excluding hydrogens is 316 g/mol. The van der Waals surface area contributed by atoms with Gasteiger partial charge in [-0.15, -0.1) is 10.2 Å². The number of para-hydroxylation sites is 1. The molecule has 0 aliphatic carbocycles. The number of nitrogens with one attached hydrogen (secondary N) is 1. The van der Waals surface area contributed by atoms with Crippen molar-refractivity contribution in [2.24, 2.45) is 0 Å². The Morgan fingerprint density at radius 3 is 2.73 bits per heavy atom. The zero-order chi connectivity index (χ0) is 15.4. The molecule has 1 aliphatic heterocycles. The summed E-state index contributed by atoms with van der Waals surface area (Å²) in [5, 5.41) is 12.1. The highest BCUT2D eigenvalue weighted by atomic mass is 32.2. The van der Waals surface area contributed by atoms with Crippen LogP contribution >= 0.6 is 23.1 Å². The zero-order valence-corrected chi connectivity index (χ0v) is 14.0. The van der Waals surface area contributed by atoms with Crippen molar-refractivity contribution in [3.05, 3.63) is 30.3 Å². The van der Waals surface area contributed by atoms with Crippen molar-refractivity contribution in [1.29, 1.82) is 0 Å². The first-order valence-electron chi connectivity index (χ1n) is 7.33. The van der Waals surface area contributed by atoms with Gasteiger partial charge in [0.1, 0.15) is 0 Å². The molecule has 0 saturated carbocycles. The van der Waals surface area contributed by atoms with Crippen molar-refractivity contribution in [2.75, 3.05) is 18.4 Å². The monoisotopic (exact) mass is 334 g/mol. The van der Waals surface area contributed by atoms with Gasteiger partial charge in [-0.2, -0.15) is 0 Å². The summed E-state index contributed by atoms with van der Waals surface area (Å²) in [7, 11) is 0. The van der Waals surface area contributed by atoms with E-state index in [0.717, 1.165) is 41.1 Å². The number of carbonyl (C=O) groups is 1. The molecular formula is C15H18N4OS2. The van der Waals surface area contributed by atoms with Gasteiger partial charge in [-0.3, -0.25) is 4.79 Å². The molecule has 0 bridgehead atoms. The summed E-state index contributed by atoms with van der Waals surface area (Å²) < 4.78 is 0.818. The quantitative estimate of drug-likeness (QED) is 0.850. The molecule has 116 valence electrons. The summed E-state index contributed by atoms with van der Waals surface area (Å²) in [6.07, 6.45) is 2.24. The van der Waals surface area contributed by atoms with Gasteiger partial charge in [0.15, 0.2) is 4.34 Å². The van der Waals surface area contributed by atoms with Crippen LogP contribution in [0.4, 0.5) is 10.8 Å². The van der Waals surface area contributed by atoms with Crippen LogP contribution in [0.15, 0.2) is 34.7 Å². The predicted octanol–water partition coefficient (Wildman–Crippen LogP) is 3.38. The zero-order valence-electron chi connectivity index (χ0n) is 12.4. The summed E-state index contributed by atoms with van der Waals surface area (Å²) in [5.41, 5.74) is 0.983. The van der Waals surface area contributed by atoms with Crippen molar-refractivity contribution in [2.45, 2.75) is 29.4 Å². The molecule has 0 radical (unpaired) electrons. The number of benzene rings is 1. The Morgan fingerprint density at radius 1 is 1.27 bits per heavy atom. The van der Waals surface area contributed by atoms with E-state index in [1.54, 1.807) is 0 Å². The normalized spacial score (nSPS) is 15.8. The molecule has 1 atom stereocenters. The Bertz CT molecular complexity index is 625. The number of carbonyl (C=O) groups excluding carboxylic acids is 1. The number of hydrogen-bond donors (Lipinski definition) is 1. The minimum absolute atomic E-state index is 0.115. The summed E-state index contributed by atoms with van der Waals surface area (Å²) in [4.78, 5) is 14.2. The Balaban J connectivity index is 1.58. The van der Waals surface area contributed by atoms with E-state index in [0.29, 0.717) is 0 Å². The molecule has 1 aliphatic rings. The van der Waals surface area contributed by atoms with Crippen LogP contribution in [0.2, 0.25) is 0 Å². The van der Waals surface area contributed by atoms with Gasteiger partial charge in [0.05, 0.1) is 5.25 Å². The van der Waals surface area contributed by atoms with Crippen LogP contribution in [0.3, 0.4) is 0 Å². The molecule has 0 unspecified atom stereocenters. The number of nitrogens with zero attached hydrogens (tertiary/aromatic N) is 3. The fourth-order valence-corrected chi connectivity index (χ4v) is 4.35. The molecule has 1 fully saturated rings. The number of rotatable bonds is 5. The lowest BCUT2D eigenvalue weighted by Gasteiger charge is -2.18. The lowest BCUT2D eigenvalue weighted by atomic mass is 10.3. The molecule has 1 amide bonds. The third-order valence-corrected chi connectivity index (χ3v) is 5.49. The lowest BCUT2D eigenvalue weighted by molar-refractivity contribution is -0.129. The fourth-order valence-electron chi connectivity index (χ4n) is 2.35. The average Bonchev–Trinajstić information content (AvgIpc) is 3.19. The number of hydrogen-bond acceptors (Lipinski definition) is 6. The van der Waals surface area contributed by atoms with E-state index >= 15 is 0 Å². The van der Waals surface area contributed by atoms with Crippen molar-refractivity contribution < 1.29 is 4.79 Å². The van der Waals surface area contributed by atoms with Crippen LogP contribution in [0.5, 0.6) is 0 Å². The maximum atomic E-state index is 12.3. The predicted molar refractivity (Wildman–Crippen MR) is 90.8 cm³/mol. The van der Waals surface area contributed by atoms with Crippen molar-refractivity contribution in [1.82, 2.24) is 15.1 Å². The van der Waals surface area contributed by atoms with Crippen LogP contribution in [0.1, 0.15) is 19.8 Å². The van der Waals surface area contributed by atoms with Crippen molar-refractivity contribution in [3.8, 4) is 0 Å². The van der Waals surface area contributed by atoms with Crippen LogP contribution in [0, 0.1) is 0 Å². The second-order valence-electron chi connectivity index (χ2n) is 5.16. The highest BCUT2D eigenvalue weighted by Crippen LogP contribution is 2.31. The van der Waals surface area contributed by atoms with Gasteiger partial charge in [0, 0.05) is 18.8 Å². The minimum atomic E-state index is -0.115. The Labute approximate surface area is 138 Å². The van der Waals surface area contributed by atoms with E-state index in [2.05, 4.69) is 15.5 Å². The Kier molecular flexibility index (Phi) is 4.94. The second-order valence-corrected chi connectivity index (χ2v) is 7.72. The van der Waals surface area contributed by atoms with E-state index in [1.807, 2.05) is 42.2 Å². The SMILES string of the molecule is C[C@H](Sc1nnc(Nc2ccccc2)s1)C(=O)N1CCCC1. The lowest BCUT2D eigenvalue weighted by Crippen LogP contribution is -2.33. The van der Waals surface area contributed by atoms with Gasteiger partial charge in [0.25, 0.3) is 0 Å². The largest absolute Gasteiger partial charge is 0.342 e. The summed E-state index contributed by atoms with van der Waals surface area (Å²) >= 11 is 2.96. The first-order valence-corrected chi connectivity index (χ1v) is 9.03. The molecule has 2 aromatic rings. The minimum Gasteiger partial charge on any atom is -0.342 e. The highest BCUT2D eigenvalue weighted by Gasteiger charge is 2.24. The molecule has 3 rings (SSSR count). The van der Waals surface area contributed by atoms with E-state index in [-0.39, 0.29) is 11.2 Å². The van der Waals surface area contributed by atoms with E-state index in [4.69, 9.17) is 0 Å². The number of anilines is 2. The number of amides is 1. The fraction of sp³-hybridized carbons (Fsp3) is 0.400. The van der Waals surface area contributed by atoms with E-state index in [9.17, 15) is 4.79 Å². The van der Waals surface area contributed by atoms with Crippen LogP contribution < -0.4 is 5.32 Å². The van der Waals surface area contributed by atoms with Gasteiger partial charge in [-0.1, -0.05) is 41.3 Å². The van der Waals surface area contributed by atoms with Gasteiger partial charge in [-0.05, 0) is 31.9 Å². The maximum Gasteiger partial charge on any atom is 0.235 e. The third kappa shape index (κ3) is 3.78. The molecule has 0 spiro atoms. The van der Waals surface area contributed by atoms with Crippen molar-refractivity contribution in [3.63, 3.8) is 0 Å². The van der Waals surface area contributed by atoms with Gasteiger partial charge >= 0.3 is 0 Å². The van der Waals surface area contributed by atoms with Gasteiger partial charge < -0.3 is 10.2 Å². The summed E-state index contributed by atoms with van der Waals surface area (Å²) in [6, 6.07) is 9.87. The van der Waals surface area contributed by atoms with Crippen molar-refractivity contribution >= 4 is 39.8 Å². The van der Waals surface area contributed by atoms with Crippen LogP contribution in [-0.4, -0.2) is 39.3 Å². The highest BCUT2D eigenvalue weighted by molar-refractivity contribution is 8.02. The van der Waals surface area contributed by atoms with E-state index in [1.165, 1.54) is 23.1 Å². The first kappa shape index (κ1) is 15.3. The number of likely N-dealkylation sites (tertiary alicyclic amines) is 1. The Morgan fingerprint density at radius 2 is 2.00 bits per heavy atom. The topological polar surface area (TPSA) is 58.1 Å².